The minimum Gasteiger partial charge on any atom is -0.497 e. The lowest BCUT2D eigenvalue weighted by atomic mass is 10.1. The first-order valence-corrected chi connectivity index (χ1v) is 6.20. The molecule has 2 rings (SSSR count). The van der Waals surface area contributed by atoms with E-state index in [-0.39, 0.29) is 6.79 Å². The van der Waals surface area contributed by atoms with Crippen molar-refractivity contribution < 1.29 is 14.2 Å². The first kappa shape index (κ1) is 14.0. The van der Waals surface area contributed by atoms with E-state index in [1.54, 1.807) is 14.2 Å². The normalized spacial score (nSPS) is 9.50. The fraction of sp³-hybridized carbons (Fsp3) is 0.176. The summed E-state index contributed by atoms with van der Waals surface area (Å²) in [5, 5.41) is 0. The van der Waals surface area contributed by atoms with Crippen molar-refractivity contribution in [1.82, 2.24) is 0 Å². The van der Waals surface area contributed by atoms with Gasteiger partial charge in [-0.2, -0.15) is 0 Å². The van der Waals surface area contributed by atoms with Gasteiger partial charge in [-0.3, -0.25) is 0 Å². The lowest BCUT2D eigenvalue weighted by Gasteiger charge is -2.06. The Morgan fingerprint density at radius 1 is 0.950 bits per heavy atom. The van der Waals surface area contributed by atoms with E-state index in [2.05, 4.69) is 11.8 Å². The average Bonchev–Trinajstić information content (AvgIpc) is 2.52. The Morgan fingerprint density at radius 2 is 1.80 bits per heavy atom. The van der Waals surface area contributed by atoms with Crippen molar-refractivity contribution in [3.63, 3.8) is 0 Å². The number of para-hydroxylation sites is 1. The second-order valence-corrected chi connectivity index (χ2v) is 4.03. The standard InChI is InChI=1S/C17H16O3/c1-18-13-20-17-9-4-3-7-15(17)11-10-14-6-5-8-16(12-14)19-2/h3-9,12H,13H2,1-2H3. The monoisotopic (exact) mass is 268 g/mol. The third-order valence-electron chi connectivity index (χ3n) is 2.63. The average molecular weight is 268 g/mol. The van der Waals surface area contributed by atoms with Gasteiger partial charge in [0.2, 0.25) is 0 Å². The quantitative estimate of drug-likeness (QED) is 0.630. The summed E-state index contributed by atoms with van der Waals surface area (Å²) in [6, 6.07) is 15.3. The maximum Gasteiger partial charge on any atom is 0.188 e. The highest BCUT2D eigenvalue weighted by Gasteiger charge is 1.99. The van der Waals surface area contributed by atoms with Crippen LogP contribution in [0.3, 0.4) is 0 Å². The molecular formula is C17H16O3. The first-order chi connectivity index (χ1) is 9.83. The summed E-state index contributed by atoms with van der Waals surface area (Å²) in [7, 11) is 3.23. The summed E-state index contributed by atoms with van der Waals surface area (Å²) in [4.78, 5) is 0. The molecule has 0 saturated heterocycles. The minimum atomic E-state index is 0.206. The molecule has 0 aromatic heterocycles. The molecular weight excluding hydrogens is 252 g/mol. The fourth-order valence-corrected chi connectivity index (χ4v) is 1.66. The molecule has 0 radical (unpaired) electrons. The molecule has 0 aliphatic heterocycles. The second kappa shape index (κ2) is 7.22. The van der Waals surface area contributed by atoms with Crippen molar-refractivity contribution >= 4 is 0 Å². The molecule has 0 fully saturated rings. The summed E-state index contributed by atoms with van der Waals surface area (Å²) in [5.41, 5.74) is 1.72. The Labute approximate surface area is 119 Å². The summed E-state index contributed by atoms with van der Waals surface area (Å²) in [6.07, 6.45) is 0. The number of hydrogen-bond acceptors (Lipinski definition) is 3. The van der Waals surface area contributed by atoms with Crippen LogP contribution in [0.2, 0.25) is 0 Å². The summed E-state index contributed by atoms with van der Waals surface area (Å²) in [6.45, 7) is 0.206. The van der Waals surface area contributed by atoms with Gasteiger partial charge in [-0.15, -0.1) is 0 Å². The van der Waals surface area contributed by atoms with E-state index in [0.717, 1.165) is 16.9 Å². The highest BCUT2D eigenvalue weighted by atomic mass is 16.7. The Morgan fingerprint density at radius 3 is 2.60 bits per heavy atom. The van der Waals surface area contributed by atoms with Crippen molar-refractivity contribution in [2.24, 2.45) is 0 Å². The third-order valence-corrected chi connectivity index (χ3v) is 2.63. The zero-order valence-electron chi connectivity index (χ0n) is 11.6. The molecule has 2 aromatic carbocycles. The molecule has 0 N–H and O–H groups in total. The van der Waals surface area contributed by atoms with Crippen LogP contribution in [0.1, 0.15) is 11.1 Å². The molecule has 20 heavy (non-hydrogen) atoms. The van der Waals surface area contributed by atoms with Crippen LogP contribution in [0.15, 0.2) is 48.5 Å². The topological polar surface area (TPSA) is 27.7 Å². The zero-order chi connectivity index (χ0) is 14.2. The molecule has 3 heteroatoms. The van der Waals surface area contributed by atoms with Crippen LogP contribution >= 0.6 is 0 Å². The summed E-state index contributed by atoms with van der Waals surface area (Å²) >= 11 is 0. The lowest BCUT2D eigenvalue weighted by Crippen LogP contribution is -2.00. The SMILES string of the molecule is COCOc1ccccc1C#Cc1cccc(OC)c1. The van der Waals surface area contributed by atoms with Gasteiger partial charge in [-0.05, 0) is 30.3 Å². The van der Waals surface area contributed by atoms with Gasteiger partial charge >= 0.3 is 0 Å². The molecule has 3 nitrogen and oxygen atoms in total. The van der Waals surface area contributed by atoms with Crippen LogP contribution in [0.4, 0.5) is 0 Å². The van der Waals surface area contributed by atoms with E-state index in [1.807, 2.05) is 48.5 Å². The zero-order valence-corrected chi connectivity index (χ0v) is 11.6. The van der Waals surface area contributed by atoms with Gasteiger partial charge in [-0.1, -0.05) is 30.0 Å². The first-order valence-electron chi connectivity index (χ1n) is 6.20. The molecule has 0 unspecified atom stereocenters. The van der Waals surface area contributed by atoms with Gasteiger partial charge in [0.1, 0.15) is 11.5 Å². The van der Waals surface area contributed by atoms with Crippen LogP contribution in [-0.4, -0.2) is 21.0 Å². The Kier molecular flexibility index (Phi) is 5.05. The minimum absolute atomic E-state index is 0.206. The molecule has 0 aliphatic carbocycles. The van der Waals surface area contributed by atoms with Crippen molar-refractivity contribution in [3.05, 3.63) is 59.7 Å². The second-order valence-electron chi connectivity index (χ2n) is 4.03. The van der Waals surface area contributed by atoms with Crippen LogP contribution in [-0.2, 0) is 4.74 Å². The Hall–Kier alpha value is -2.44. The van der Waals surface area contributed by atoms with Crippen LogP contribution in [0.25, 0.3) is 0 Å². The van der Waals surface area contributed by atoms with Crippen molar-refractivity contribution in [2.75, 3.05) is 21.0 Å². The van der Waals surface area contributed by atoms with Crippen molar-refractivity contribution in [1.29, 1.82) is 0 Å². The van der Waals surface area contributed by atoms with Gasteiger partial charge in [0, 0.05) is 12.7 Å². The number of rotatable bonds is 4. The molecule has 102 valence electrons. The lowest BCUT2D eigenvalue weighted by molar-refractivity contribution is 0.0509. The molecule has 2 aromatic rings. The maximum absolute atomic E-state index is 5.47. The number of ether oxygens (including phenoxy) is 3. The van der Waals surface area contributed by atoms with Crippen molar-refractivity contribution in [3.8, 4) is 23.3 Å². The Bertz CT molecular complexity index is 623. The van der Waals surface area contributed by atoms with E-state index in [0.29, 0.717) is 5.75 Å². The van der Waals surface area contributed by atoms with E-state index >= 15 is 0 Å². The van der Waals surface area contributed by atoms with Crippen LogP contribution in [0.5, 0.6) is 11.5 Å². The predicted molar refractivity (Wildman–Crippen MR) is 77.9 cm³/mol. The molecule has 0 bridgehead atoms. The number of methoxy groups -OCH3 is 2. The maximum atomic E-state index is 5.47. The third kappa shape index (κ3) is 3.78. The molecule has 0 heterocycles. The van der Waals surface area contributed by atoms with Crippen molar-refractivity contribution in [2.45, 2.75) is 0 Å². The van der Waals surface area contributed by atoms with Crippen LogP contribution < -0.4 is 9.47 Å². The highest BCUT2D eigenvalue weighted by molar-refractivity contribution is 5.50. The van der Waals surface area contributed by atoms with Gasteiger partial charge in [0.15, 0.2) is 6.79 Å². The molecule has 0 saturated carbocycles. The van der Waals surface area contributed by atoms with Gasteiger partial charge < -0.3 is 14.2 Å². The van der Waals surface area contributed by atoms with E-state index in [1.165, 1.54) is 0 Å². The van der Waals surface area contributed by atoms with E-state index in [9.17, 15) is 0 Å². The summed E-state index contributed by atoms with van der Waals surface area (Å²) < 4.78 is 15.6. The van der Waals surface area contributed by atoms with E-state index in [4.69, 9.17) is 14.2 Å². The number of hydrogen-bond donors (Lipinski definition) is 0. The molecule has 0 atom stereocenters. The molecule has 0 aliphatic rings. The largest absolute Gasteiger partial charge is 0.497 e. The Balaban J connectivity index is 2.23. The number of benzene rings is 2. The highest BCUT2D eigenvalue weighted by Crippen LogP contribution is 2.17. The van der Waals surface area contributed by atoms with E-state index < -0.39 is 0 Å². The predicted octanol–water partition coefficient (Wildman–Crippen LogP) is 3.08. The molecule has 0 amide bonds. The summed E-state index contributed by atoms with van der Waals surface area (Å²) in [5.74, 6) is 7.71. The molecule has 0 spiro atoms. The van der Waals surface area contributed by atoms with Gasteiger partial charge in [0.05, 0.1) is 12.7 Å². The van der Waals surface area contributed by atoms with Crippen LogP contribution in [0, 0.1) is 11.8 Å². The smallest absolute Gasteiger partial charge is 0.188 e. The van der Waals surface area contributed by atoms with Gasteiger partial charge in [0.25, 0.3) is 0 Å². The fourth-order valence-electron chi connectivity index (χ4n) is 1.66. The van der Waals surface area contributed by atoms with Gasteiger partial charge in [-0.25, -0.2) is 0 Å².